The molecule has 0 saturated heterocycles. The Balaban J connectivity index is 0.00000151. The molecular formula is C32H34N2O5. The summed E-state index contributed by atoms with van der Waals surface area (Å²) in [5.41, 5.74) is 5.97. The first-order chi connectivity index (χ1) is 18.9. The molecule has 2 aliphatic heterocycles. The maximum absolute atomic E-state index is 13.4. The van der Waals surface area contributed by atoms with Gasteiger partial charge in [0.2, 0.25) is 0 Å². The number of aldehydes is 1. The van der Waals surface area contributed by atoms with E-state index in [9.17, 15) is 19.5 Å². The van der Waals surface area contributed by atoms with Gasteiger partial charge in [0.15, 0.2) is 6.10 Å². The number of pyridine rings is 2. The van der Waals surface area contributed by atoms with Crippen LogP contribution in [-0.2, 0) is 40.3 Å². The van der Waals surface area contributed by atoms with Gasteiger partial charge in [-0.15, -0.1) is 0 Å². The standard InChI is InChI=1S/C30H28N2O5.C2H6/c1-16(2)11-20-22-14-32-25(13-21-23(29(32)35)15-37-30(36)28(21)34)27(22)31-24-9-8-18-7-6-17(5-3-4-10-33)12-19(18)26(20)24;1-2/h6-10,12-13,16,28,34H,3-5,11,14-15H2,1-2H3;1-2H3. The summed E-state index contributed by atoms with van der Waals surface area (Å²) in [5, 5.41) is 13.8. The van der Waals surface area contributed by atoms with Gasteiger partial charge in [-0.1, -0.05) is 52.0 Å². The molecule has 0 saturated carbocycles. The average Bonchev–Trinajstić information content (AvgIpc) is 3.30. The Morgan fingerprint density at radius 1 is 1.13 bits per heavy atom. The zero-order valence-electron chi connectivity index (χ0n) is 22.9. The fourth-order valence-corrected chi connectivity index (χ4v) is 5.77. The fourth-order valence-electron chi connectivity index (χ4n) is 5.77. The van der Waals surface area contributed by atoms with E-state index in [1.807, 2.05) is 19.9 Å². The number of rotatable bonds is 6. The van der Waals surface area contributed by atoms with Gasteiger partial charge in [-0.2, -0.15) is 0 Å². The number of fused-ring (bicyclic) bond motifs is 7. The number of aryl methyl sites for hydroxylation is 1. The Kier molecular flexibility index (Phi) is 7.36. The van der Waals surface area contributed by atoms with E-state index in [1.165, 1.54) is 11.1 Å². The molecule has 0 aliphatic carbocycles. The second-order valence-electron chi connectivity index (χ2n) is 10.5. The first-order valence-electron chi connectivity index (χ1n) is 13.8. The molecule has 2 aromatic carbocycles. The van der Waals surface area contributed by atoms with Crippen molar-refractivity contribution in [3.8, 4) is 11.4 Å². The van der Waals surface area contributed by atoms with Crippen LogP contribution in [0.25, 0.3) is 33.1 Å². The normalized spacial score (nSPS) is 15.4. The van der Waals surface area contributed by atoms with Gasteiger partial charge in [0.1, 0.15) is 12.9 Å². The molecule has 0 spiro atoms. The molecule has 7 heteroatoms. The van der Waals surface area contributed by atoms with Gasteiger partial charge in [0, 0.05) is 22.9 Å². The molecule has 202 valence electrons. The van der Waals surface area contributed by atoms with Gasteiger partial charge in [-0.25, -0.2) is 9.78 Å². The molecule has 0 radical (unpaired) electrons. The van der Waals surface area contributed by atoms with E-state index in [4.69, 9.17) is 9.72 Å². The lowest BCUT2D eigenvalue weighted by atomic mass is 9.90. The minimum Gasteiger partial charge on any atom is -0.458 e. The summed E-state index contributed by atoms with van der Waals surface area (Å²) < 4.78 is 6.72. The number of carbonyl (C=O) groups excluding carboxylic acids is 2. The van der Waals surface area contributed by atoms with Crippen molar-refractivity contribution in [3.63, 3.8) is 0 Å². The number of nitrogens with zero attached hydrogens (tertiary/aromatic N) is 2. The number of hydrogen-bond acceptors (Lipinski definition) is 6. The summed E-state index contributed by atoms with van der Waals surface area (Å²) in [5.74, 6) is -0.361. The van der Waals surface area contributed by atoms with Crippen molar-refractivity contribution in [1.29, 1.82) is 0 Å². The number of benzene rings is 2. The van der Waals surface area contributed by atoms with Gasteiger partial charge < -0.3 is 19.2 Å². The molecule has 4 heterocycles. The molecule has 0 bridgehead atoms. The molecule has 0 amide bonds. The van der Waals surface area contributed by atoms with Gasteiger partial charge >= 0.3 is 5.97 Å². The van der Waals surface area contributed by atoms with Crippen LogP contribution in [0.2, 0.25) is 0 Å². The Morgan fingerprint density at radius 2 is 1.90 bits per heavy atom. The third kappa shape index (κ3) is 4.55. The minimum absolute atomic E-state index is 0.132. The van der Waals surface area contributed by atoms with Crippen molar-refractivity contribution in [2.24, 2.45) is 5.92 Å². The molecule has 4 aromatic rings. The second-order valence-corrected chi connectivity index (χ2v) is 10.5. The van der Waals surface area contributed by atoms with Crippen LogP contribution in [0.1, 0.15) is 74.5 Å². The van der Waals surface area contributed by atoms with E-state index >= 15 is 0 Å². The highest BCUT2D eigenvalue weighted by atomic mass is 16.5. The van der Waals surface area contributed by atoms with Crippen LogP contribution in [0.3, 0.4) is 0 Å². The summed E-state index contributed by atoms with van der Waals surface area (Å²) in [7, 11) is 0. The third-order valence-electron chi connectivity index (χ3n) is 7.52. The number of aliphatic hydroxyl groups excluding tert-OH is 1. The molecular weight excluding hydrogens is 492 g/mol. The monoisotopic (exact) mass is 526 g/mol. The molecule has 0 fully saturated rings. The van der Waals surface area contributed by atoms with Gasteiger partial charge in [0.25, 0.3) is 5.56 Å². The van der Waals surface area contributed by atoms with Crippen molar-refractivity contribution >= 4 is 33.9 Å². The number of cyclic esters (lactones) is 1. The molecule has 39 heavy (non-hydrogen) atoms. The molecule has 7 nitrogen and oxygen atoms in total. The van der Waals surface area contributed by atoms with E-state index in [1.54, 1.807) is 10.6 Å². The number of ether oxygens (including phenoxy) is 1. The smallest absolute Gasteiger partial charge is 0.340 e. The number of aliphatic hydroxyl groups is 1. The van der Waals surface area contributed by atoms with Crippen molar-refractivity contribution in [2.45, 2.75) is 72.6 Å². The highest BCUT2D eigenvalue weighted by Crippen LogP contribution is 2.40. The fraction of sp³-hybridized carbons (Fsp3) is 0.375. The maximum atomic E-state index is 13.4. The molecule has 6 rings (SSSR count). The van der Waals surface area contributed by atoms with Crippen LogP contribution in [-0.4, -0.2) is 26.9 Å². The summed E-state index contributed by atoms with van der Waals surface area (Å²) in [6.45, 7) is 8.62. The van der Waals surface area contributed by atoms with Gasteiger partial charge in [-0.05, 0) is 59.2 Å². The Labute approximate surface area is 227 Å². The van der Waals surface area contributed by atoms with Gasteiger partial charge in [0.05, 0.1) is 29.0 Å². The number of esters is 1. The Hall–Kier alpha value is -3.84. The summed E-state index contributed by atoms with van der Waals surface area (Å²) in [6.07, 6.45) is 2.50. The lowest BCUT2D eigenvalue weighted by Crippen LogP contribution is -2.32. The largest absolute Gasteiger partial charge is 0.458 e. The van der Waals surface area contributed by atoms with E-state index in [0.717, 1.165) is 58.5 Å². The zero-order valence-corrected chi connectivity index (χ0v) is 22.9. The number of hydrogen-bond donors (Lipinski definition) is 1. The highest BCUT2D eigenvalue weighted by molar-refractivity contribution is 6.09. The number of aromatic nitrogens is 2. The lowest BCUT2D eigenvalue weighted by molar-refractivity contribution is -0.157. The predicted octanol–water partition coefficient (Wildman–Crippen LogP) is 5.41. The van der Waals surface area contributed by atoms with E-state index in [2.05, 4.69) is 38.1 Å². The SMILES string of the molecule is CC.CC(C)Cc1c2c(nc3ccc4ccc(CCCC=O)cc4c13)-c1cc3c(c(=O)n1C2)COC(=O)C3O. The van der Waals surface area contributed by atoms with Crippen LogP contribution in [0, 0.1) is 5.92 Å². The zero-order chi connectivity index (χ0) is 27.8. The van der Waals surface area contributed by atoms with Crippen molar-refractivity contribution in [2.75, 3.05) is 0 Å². The Bertz CT molecular complexity index is 1670. The lowest BCUT2D eigenvalue weighted by Gasteiger charge is -2.21. The van der Waals surface area contributed by atoms with Crippen LogP contribution < -0.4 is 5.56 Å². The van der Waals surface area contributed by atoms with Crippen LogP contribution in [0.15, 0.2) is 41.2 Å². The third-order valence-corrected chi connectivity index (χ3v) is 7.52. The number of unbranched alkanes of at least 4 members (excludes halogenated alkanes) is 1. The molecule has 1 atom stereocenters. The van der Waals surface area contributed by atoms with Crippen molar-refractivity contribution < 1.29 is 19.4 Å². The van der Waals surface area contributed by atoms with Gasteiger partial charge in [-0.3, -0.25) is 4.79 Å². The number of carbonyl (C=O) groups is 2. The topological polar surface area (TPSA) is 98.5 Å². The van der Waals surface area contributed by atoms with Crippen molar-refractivity contribution in [3.05, 3.63) is 74.6 Å². The predicted molar refractivity (Wildman–Crippen MR) is 152 cm³/mol. The minimum atomic E-state index is -1.47. The molecule has 2 aromatic heterocycles. The maximum Gasteiger partial charge on any atom is 0.340 e. The van der Waals surface area contributed by atoms with Crippen molar-refractivity contribution in [1.82, 2.24) is 9.55 Å². The molecule has 1 unspecified atom stereocenters. The van der Waals surface area contributed by atoms with E-state index in [-0.39, 0.29) is 12.2 Å². The average molecular weight is 527 g/mol. The first kappa shape index (κ1) is 26.8. The molecule has 1 N–H and O–H groups in total. The van der Waals surface area contributed by atoms with Crippen LogP contribution in [0.5, 0.6) is 0 Å². The summed E-state index contributed by atoms with van der Waals surface area (Å²) >= 11 is 0. The van der Waals surface area contributed by atoms with E-state index in [0.29, 0.717) is 35.7 Å². The Morgan fingerprint density at radius 3 is 2.64 bits per heavy atom. The van der Waals surface area contributed by atoms with Crippen LogP contribution >= 0.6 is 0 Å². The van der Waals surface area contributed by atoms with E-state index < -0.39 is 12.1 Å². The summed E-state index contributed by atoms with van der Waals surface area (Å²) in [4.78, 5) is 41.3. The summed E-state index contributed by atoms with van der Waals surface area (Å²) in [6, 6.07) is 12.3. The van der Waals surface area contributed by atoms with Crippen LogP contribution in [0.4, 0.5) is 0 Å². The first-order valence-corrected chi connectivity index (χ1v) is 13.8. The molecule has 2 aliphatic rings. The highest BCUT2D eigenvalue weighted by Gasteiger charge is 2.34. The quantitative estimate of drug-likeness (QED) is 0.137. The second kappa shape index (κ2) is 10.7.